The van der Waals surface area contributed by atoms with Gasteiger partial charge in [0.2, 0.25) is 0 Å². The van der Waals surface area contributed by atoms with Crippen LogP contribution in [-0.2, 0) is 6.54 Å². The first kappa shape index (κ1) is 12.8. The second-order valence-electron chi connectivity index (χ2n) is 3.73. The molecule has 0 unspecified atom stereocenters. The van der Waals surface area contributed by atoms with Crippen molar-refractivity contribution in [1.82, 2.24) is 14.8 Å². The van der Waals surface area contributed by atoms with Crippen molar-refractivity contribution in [3.63, 3.8) is 0 Å². The van der Waals surface area contributed by atoms with Crippen LogP contribution in [0.4, 0.5) is 0 Å². The van der Waals surface area contributed by atoms with Crippen LogP contribution in [0.1, 0.15) is 23.1 Å². The molecule has 96 valence electrons. The second kappa shape index (κ2) is 5.78. The highest BCUT2D eigenvalue weighted by atomic mass is 16.5. The Kier molecular flexibility index (Phi) is 3.88. The van der Waals surface area contributed by atoms with E-state index in [-0.39, 0.29) is 18.2 Å². The maximum absolute atomic E-state index is 12.2. The van der Waals surface area contributed by atoms with E-state index in [0.29, 0.717) is 17.9 Å². The summed E-state index contributed by atoms with van der Waals surface area (Å²) in [7, 11) is 0. The molecular formula is C13H12N4O2. The first-order valence-electron chi connectivity index (χ1n) is 5.79. The van der Waals surface area contributed by atoms with Crippen molar-refractivity contribution in [3.8, 4) is 11.8 Å². The second-order valence-corrected chi connectivity index (χ2v) is 3.73. The van der Waals surface area contributed by atoms with Gasteiger partial charge in [0.1, 0.15) is 24.7 Å². The highest BCUT2D eigenvalue weighted by molar-refractivity contribution is 5.98. The Labute approximate surface area is 110 Å². The summed E-state index contributed by atoms with van der Waals surface area (Å²) in [6.45, 7) is 2.38. The third kappa shape index (κ3) is 2.96. The predicted molar refractivity (Wildman–Crippen MR) is 66.7 cm³/mol. The monoisotopic (exact) mass is 256 g/mol. The number of Topliss-reactive ketones (excluding diaryl/α,β-unsaturated/α-hetero) is 1. The Morgan fingerprint density at radius 1 is 1.47 bits per heavy atom. The van der Waals surface area contributed by atoms with Gasteiger partial charge in [0.15, 0.2) is 5.78 Å². The summed E-state index contributed by atoms with van der Waals surface area (Å²) < 4.78 is 6.74. The average Bonchev–Trinajstić information content (AvgIpc) is 2.87. The van der Waals surface area contributed by atoms with E-state index in [1.54, 1.807) is 18.2 Å². The fourth-order valence-corrected chi connectivity index (χ4v) is 1.63. The van der Waals surface area contributed by atoms with Gasteiger partial charge in [-0.25, -0.2) is 9.67 Å². The molecule has 0 radical (unpaired) electrons. The number of nitrogens with zero attached hydrogens (tertiary/aromatic N) is 4. The molecule has 2 aromatic rings. The van der Waals surface area contributed by atoms with Crippen molar-refractivity contribution >= 4 is 5.78 Å². The van der Waals surface area contributed by atoms with Crippen LogP contribution in [-0.4, -0.2) is 27.2 Å². The number of benzene rings is 1. The van der Waals surface area contributed by atoms with Gasteiger partial charge < -0.3 is 4.74 Å². The van der Waals surface area contributed by atoms with Crippen LogP contribution in [0.2, 0.25) is 0 Å². The summed E-state index contributed by atoms with van der Waals surface area (Å²) in [4.78, 5) is 15.9. The standard InChI is InChI=1S/C13H12N4O2/c1-2-19-12-6-4-3-5-10(12)11(18)8-17-9-15-13(7-14)16-17/h3-6,9H,2,8H2,1H3. The molecular weight excluding hydrogens is 244 g/mol. The summed E-state index contributed by atoms with van der Waals surface area (Å²) in [6.07, 6.45) is 1.36. The highest BCUT2D eigenvalue weighted by Gasteiger charge is 2.13. The van der Waals surface area contributed by atoms with Crippen molar-refractivity contribution in [1.29, 1.82) is 5.26 Å². The molecule has 1 heterocycles. The molecule has 0 N–H and O–H groups in total. The molecule has 0 spiro atoms. The number of ether oxygens (including phenoxy) is 1. The number of aromatic nitrogens is 3. The van der Waals surface area contributed by atoms with Gasteiger partial charge in [0.05, 0.1) is 12.2 Å². The van der Waals surface area contributed by atoms with Gasteiger partial charge in [-0.3, -0.25) is 4.79 Å². The van der Waals surface area contributed by atoms with Gasteiger partial charge in [-0.2, -0.15) is 5.26 Å². The minimum absolute atomic E-state index is 0.0266. The molecule has 0 aliphatic carbocycles. The van der Waals surface area contributed by atoms with Gasteiger partial charge in [0.25, 0.3) is 5.82 Å². The van der Waals surface area contributed by atoms with Crippen molar-refractivity contribution < 1.29 is 9.53 Å². The van der Waals surface area contributed by atoms with Gasteiger partial charge in [0, 0.05) is 0 Å². The smallest absolute Gasteiger partial charge is 0.252 e. The fourth-order valence-electron chi connectivity index (χ4n) is 1.63. The molecule has 19 heavy (non-hydrogen) atoms. The van der Waals surface area contributed by atoms with Crippen LogP contribution in [0.5, 0.6) is 5.75 Å². The van der Waals surface area contributed by atoms with E-state index < -0.39 is 0 Å². The van der Waals surface area contributed by atoms with E-state index >= 15 is 0 Å². The van der Waals surface area contributed by atoms with Crippen molar-refractivity contribution in [3.05, 3.63) is 42.0 Å². The molecule has 1 aromatic carbocycles. The number of hydrogen-bond acceptors (Lipinski definition) is 5. The third-order valence-corrected chi connectivity index (χ3v) is 2.43. The SMILES string of the molecule is CCOc1ccccc1C(=O)Cn1cnc(C#N)n1. The minimum Gasteiger partial charge on any atom is -0.493 e. The molecule has 0 atom stereocenters. The van der Waals surface area contributed by atoms with Crippen LogP contribution in [0, 0.1) is 11.3 Å². The summed E-state index contributed by atoms with van der Waals surface area (Å²) in [5.74, 6) is 0.458. The quantitative estimate of drug-likeness (QED) is 0.756. The van der Waals surface area contributed by atoms with Gasteiger partial charge >= 0.3 is 0 Å². The van der Waals surface area contributed by atoms with Gasteiger partial charge in [-0.1, -0.05) is 12.1 Å². The topological polar surface area (TPSA) is 80.8 Å². The normalized spacial score (nSPS) is 9.89. The molecule has 0 saturated carbocycles. The Bertz CT molecular complexity index is 628. The number of nitriles is 1. The van der Waals surface area contributed by atoms with E-state index in [1.807, 2.05) is 19.1 Å². The fraction of sp³-hybridized carbons (Fsp3) is 0.231. The summed E-state index contributed by atoms with van der Waals surface area (Å²) in [5.41, 5.74) is 0.498. The Balaban J connectivity index is 2.18. The van der Waals surface area contributed by atoms with Gasteiger partial charge in [-0.05, 0) is 19.1 Å². The first-order chi connectivity index (χ1) is 9.24. The zero-order chi connectivity index (χ0) is 13.7. The van der Waals surface area contributed by atoms with Crippen LogP contribution in [0.25, 0.3) is 0 Å². The number of para-hydroxylation sites is 1. The molecule has 0 bridgehead atoms. The number of carbonyl (C=O) groups is 1. The molecule has 0 aliphatic heterocycles. The largest absolute Gasteiger partial charge is 0.493 e. The first-order valence-corrected chi connectivity index (χ1v) is 5.79. The molecule has 0 saturated heterocycles. The third-order valence-electron chi connectivity index (χ3n) is 2.43. The van der Waals surface area contributed by atoms with E-state index in [0.717, 1.165) is 0 Å². The Morgan fingerprint density at radius 3 is 2.95 bits per heavy atom. The van der Waals surface area contributed by atoms with Crippen LogP contribution < -0.4 is 4.74 Å². The lowest BCUT2D eigenvalue weighted by Gasteiger charge is -2.08. The van der Waals surface area contributed by atoms with Crippen LogP contribution in [0.3, 0.4) is 0 Å². The summed E-state index contributed by atoms with van der Waals surface area (Å²) in [6, 6.07) is 8.85. The van der Waals surface area contributed by atoms with E-state index in [4.69, 9.17) is 10.00 Å². The maximum atomic E-state index is 12.2. The molecule has 0 aliphatic rings. The van der Waals surface area contributed by atoms with Gasteiger partial charge in [-0.15, -0.1) is 5.10 Å². The molecule has 1 aromatic heterocycles. The maximum Gasteiger partial charge on any atom is 0.252 e. The summed E-state index contributed by atoms with van der Waals surface area (Å²) in [5, 5.41) is 12.5. The van der Waals surface area contributed by atoms with Crippen molar-refractivity contribution in [2.45, 2.75) is 13.5 Å². The molecule has 6 nitrogen and oxygen atoms in total. The molecule has 6 heteroatoms. The van der Waals surface area contributed by atoms with Crippen LogP contribution in [0.15, 0.2) is 30.6 Å². The number of hydrogen-bond donors (Lipinski definition) is 0. The zero-order valence-corrected chi connectivity index (χ0v) is 10.4. The zero-order valence-electron chi connectivity index (χ0n) is 10.4. The van der Waals surface area contributed by atoms with E-state index in [1.165, 1.54) is 11.0 Å². The predicted octanol–water partition coefficient (Wildman–Crippen LogP) is 1.43. The summed E-state index contributed by atoms with van der Waals surface area (Å²) >= 11 is 0. The lowest BCUT2D eigenvalue weighted by atomic mass is 10.1. The Morgan fingerprint density at radius 2 is 2.26 bits per heavy atom. The molecule has 0 amide bonds. The van der Waals surface area contributed by atoms with Crippen LogP contribution >= 0.6 is 0 Å². The number of ketones is 1. The van der Waals surface area contributed by atoms with E-state index in [9.17, 15) is 4.79 Å². The number of carbonyl (C=O) groups excluding carboxylic acids is 1. The lowest BCUT2D eigenvalue weighted by Crippen LogP contribution is -2.12. The number of rotatable bonds is 5. The Hall–Kier alpha value is -2.68. The minimum atomic E-state index is -0.140. The molecule has 2 rings (SSSR count). The average molecular weight is 256 g/mol. The molecule has 0 fully saturated rings. The van der Waals surface area contributed by atoms with Crippen molar-refractivity contribution in [2.24, 2.45) is 0 Å². The van der Waals surface area contributed by atoms with E-state index in [2.05, 4.69) is 10.1 Å². The highest BCUT2D eigenvalue weighted by Crippen LogP contribution is 2.18. The lowest BCUT2D eigenvalue weighted by molar-refractivity contribution is 0.0964. The van der Waals surface area contributed by atoms with Crippen molar-refractivity contribution in [2.75, 3.05) is 6.61 Å².